The first-order chi connectivity index (χ1) is 14.8. The molecule has 1 aliphatic heterocycles. The molecular weight excluding hydrogens is 420 g/mol. The van der Waals surface area contributed by atoms with E-state index in [1.165, 1.54) is 0 Å². The zero-order chi connectivity index (χ0) is 22.5. The lowest BCUT2D eigenvalue weighted by Gasteiger charge is -2.36. The average Bonchev–Trinajstić information content (AvgIpc) is 2.69. The fraction of sp³-hybridized carbons (Fsp3) is 0.524. The van der Waals surface area contributed by atoms with Crippen LogP contribution in [0.5, 0.6) is 5.88 Å². The zero-order valence-corrected chi connectivity index (χ0v) is 19.3. The molecule has 0 bridgehead atoms. The molecule has 1 fully saturated rings. The lowest BCUT2D eigenvalue weighted by atomic mass is 10.2. The third kappa shape index (κ3) is 5.95. The van der Waals surface area contributed by atoms with Crippen LogP contribution in [0, 0.1) is 13.8 Å². The van der Waals surface area contributed by atoms with Crippen LogP contribution in [0.4, 0.5) is 16.3 Å². The van der Waals surface area contributed by atoms with Crippen LogP contribution in [0.25, 0.3) is 0 Å². The van der Waals surface area contributed by atoms with Crippen molar-refractivity contribution in [1.29, 1.82) is 0 Å². The summed E-state index contributed by atoms with van der Waals surface area (Å²) < 4.78 is 11.2. The molecule has 10 heteroatoms. The third-order valence-corrected chi connectivity index (χ3v) is 5.11. The Bertz CT molecular complexity index is 932. The van der Waals surface area contributed by atoms with Crippen molar-refractivity contribution in [2.24, 2.45) is 0 Å². The Hall–Kier alpha value is -2.65. The van der Waals surface area contributed by atoms with Gasteiger partial charge in [-0.15, -0.1) is 5.10 Å². The van der Waals surface area contributed by atoms with Crippen LogP contribution in [0.3, 0.4) is 0 Å². The Morgan fingerprint density at radius 3 is 2.61 bits per heavy atom. The molecule has 3 rings (SSSR count). The Kier molecular flexibility index (Phi) is 7.50. The number of urea groups is 1. The standard InChI is InChI=1S/C21H29ClN6O3/c1-6-30-20-18(22)17(8-13(3)24-20)25-21(29)23-9-16-7-12(2)19(27-26-16)28-10-14(4)31-15(5)11-28/h7-8,14-15H,6,9-11H2,1-5H3,(H2,23,24,25,29)/t14-,15+. The summed E-state index contributed by atoms with van der Waals surface area (Å²) >= 11 is 6.29. The number of anilines is 2. The summed E-state index contributed by atoms with van der Waals surface area (Å²) in [5.41, 5.74) is 2.79. The molecule has 0 aliphatic carbocycles. The molecule has 168 valence electrons. The molecule has 2 aromatic rings. The first-order valence-corrected chi connectivity index (χ1v) is 10.7. The van der Waals surface area contributed by atoms with E-state index in [1.807, 2.05) is 19.9 Å². The normalized spacial score (nSPS) is 18.6. The monoisotopic (exact) mass is 448 g/mol. The quantitative estimate of drug-likeness (QED) is 0.697. The van der Waals surface area contributed by atoms with Crippen LogP contribution in [0.2, 0.25) is 5.02 Å². The summed E-state index contributed by atoms with van der Waals surface area (Å²) in [6.45, 7) is 11.9. The van der Waals surface area contributed by atoms with Gasteiger partial charge in [-0.05, 0) is 52.3 Å². The summed E-state index contributed by atoms with van der Waals surface area (Å²) in [4.78, 5) is 18.8. The highest BCUT2D eigenvalue weighted by Gasteiger charge is 2.24. The summed E-state index contributed by atoms with van der Waals surface area (Å²) in [5, 5.41) is 14.5. The number of hydrogen-bond acceptors (Lipinski definition) is 7. The number of hydrogen-bond donors (Lipinski definition) is 2. The second-order valence-corrected chi connectivity index (χ2v) is 8.05. The van der Waals surface area contributed by atoms with E-state index in [2.05, 4.69) is 44.6 Å². The first-order valence-electron chi connectivity index (χ1n) is 10.3. The van der Waals surface area contributed by atoms with Crippen molar-refractivity contribution in [2.75, 3.05) is 29.9 Å². The van der Waals surface area contributed by atoms with Gasteiger partial charge in [0.15, 0.2) is 5.82 Å². The molecule has 1 saturated heterocycles. The largest absolute Gasteiger partial charge is 0.477 e. The molecular formula is C21H29ClN6O3. The molecule has 0 aromatic carbocycles. The van der Waals surface area contributed by atoms with Gasteiger partial charge in [0, 0.05) is 18.8 Å². The third-order valence-electron chi connectivity index (χ3n) is 4.74. The van der Waals surface area contributed by atoms with E-state index >= 15 is 0 Å². The fourth-order valence-corrected chi connectivity index (χ4v) is 3.77. The van der Waals surface area contributed by atoms with Gasteiger partial charge in [-0.3, -0.25) is 0 Å². The number of pyridine rings is 1. The number of halogens is 1. The fourth-order valence-electron chi connectivity index (χ4n) is 3.57. The number of nitrogens with zero attached hydrogens (tertiary/aromatic N) is 4. The number of aryl methyl sites for hydroxylation is 2. The van der Waals surface area contributed by atoms with E-state index in [9.17, 15) is 4.79 Å². The Balaban J connectivity index is 1.61. The highest BCUT2D eigenvalue weighted by molar-refractivity contribution is 6.35. The van der Waals surface area contributed by atoms with Crippen molar-refractivity contribution >= 4 is 29.1 Å². The smallest absolute Gasteiger partial charge is 0.319 e. The van der Waals surface area contributed by atoms with E-state index < -0.39 is 6.03 Å². The van der Waals surface area contributed by atoms with Crippen molar-refractivity contribution in [3.05, 3.63) is 34.1 Å². The van der Waals surface area contributed by atoms with Gasteiger partial charge in [-0.1, -0.05) is 11.6 Å². The van der Waals surface area contributed by atoms with Gasteiger partial charge in [0.2, 0.25) is 5.88 Å². The van der Waals surface area contributed by atoms with Gasteiger partial charge in [-0.2, -0.15) is 5.10 Å². The number of morpholine rings is 1. The maximum atomic E-state index is 12.4. The van der Waals surface area contributed by atoms with E-state index in [1.54, 1.807) is 13.0 Å². The summed E-state index contributed by atoms with van der Waals surface area (Å²) in [7, 11) is 0. The number of carbonyl (C=O) groups excluding carboxylic acids is 1. The van der Waals surface area contributed by atoms with Crippen LogP contribution in [0.15, 0.2) is 12.1 Å². The molecule has 0 saturated carbocycles. The second kappa shape index (κ2) is 10.1. The molecule has 1 aliphatic rings. The van der Waals surface area contributed by atoms with Crippen LogP contribution in [0.1, 0.15) is 37.7 Å². The van der Waals surface area contributed by atoms with Gasteiger partial charge in [-0.25, -0.2) is 9.78 Å². The minimum absolute atomic E-state index is 0.141. The van der Waals surface area contributed by atoms with E-state index in [-0.39, 0.29) is 23.8 Å². The molecule has 2 atom stereocenters. The van der Waals surface area contributed by atoms with Gasteiger partial charge < -0.3 is 25.0 Å². The van der Waals surface area contributed by atoms with Crippen LogP contribution in [-0.4, -0.2) is 53.1 Å². The Labute approximate surface area is 187 Å². The highest BCUT2D eigenvalue weighted by Crippen LogP contribution is 2.31. The van der Waals surface area contributed by atoms with E-state index in [0.29, 0.717) is 29.6 Å². The number of nitrogens with one attached hydrogen (secondary N) is 2. The van der Waals surface area contributed by atoms with Crippen LogP contribution in [-0.2, 0) is 11.3 Å². The van der Waals surface area contributed by atoms with Crippen LogP contribution < -0.4 is 20.3 Å². The maximum absolute atomic E-state index is 12.4. The first kappa shape index (κ1) is 23.0. The van der Waals surface area contributed by atoms with Crippen molar-refractivity contribution in [2.45, 2.75) is 53.4 Å². The molecule has 0 spiro atoms. The van der Waals surface area contributed by atoms with Gasteiger partial charge >= 0.3 is 6.03 Å². The number of ether oxygens (including phenoxy) is 2. The van der Waals surface area contributed by atoms with Crippen molar-refractivity contribution < 1.29 is 14.3 Å². The maximum Gasteiger partial charge on any atom is 0.319 e. The molecule has 31 heavy (non-hydrogen) atoms. The Morgan fingerprint density at radius 1 is 1.26 bits per heavy atom. The van der Waals surface area contributed by atoms with Gasteiger partial charge in [0.25, 0.3) is 0 Å². The van der Waals surface area contributed by atoms with Gasteiger partial charge in [0.05, 0.1) is 36.7 Å². The minimum Gasteiger partial charge on any atom is -0.477 e. The van der Waals surface area contributed by atoms with E-state index in [0.717, 1.165) is 24.5 Å². The average molecular weight is 449 g/mol. The van der Waals surface area contributed by atoms with E-state index in [4.69, 9.17) is 21.1 Å². The van der Waals surface area contributed by atoms with Crippen molar-refractivity contribution in [1.82, 2.24) is 20.5 Å². The minimum atomic E-state index is -0.408. The second-order valence-electron chi connectivity index (χ2n) is 7.68. The SMILES string of the molecule is CCOc1nc(C)cc(NC(=O)NCc2cc(C)c(N3C[C@@H](C)O[C@@H](C)C3)nn2)c1Cl. The molecule has 2 N–H and O–H groups in total. The molecule has 9 nitrogen and oxygen atoms in total. The number of carbonyl (C=O) groups is 1. The summed E-state index contributed by atoms with van der Waals surface area (Å²) in [5.74, 6) is 1.14. The number of amides is 2. The Morgan fingerprint density at radius 2 is 1.97 bits per heavy atom. The predicted molar refractivity (Wildman–Crippen MR) is 120 cm³/mol. The van der Waals surface area contributed by atoms with Crippen LogP contribution >= 0.6 is 11.6 Å². The van der Waals surface area contributed by atoms with Gasteiger partial charge in [0.1, 0.15) is 5.02 Å². The van der Waals surface area contributed by atoms with Crippen molar-refractivity contribution in [3.8, 4) is 5.88 Å². The number of rotatable bonds is 6. The number of aromatic nitrogens is 3. The molecule has 3 heterocycles. The molecule has 0 unspecified atom stereocenters. The molecule has 0 radical (unpaired) electrons. The summed E-state index contributed by atoms with van der Waals surface area (Å²) in [6, 6.07) is 3.21. The lowest BCUT2D eigenvalue weighted by molar-refractivity contribution is -0.00554. The summed E-state index contributed by atoms with van der Waals surface area (Å²) in [6.07, 6.45) is 0.281. The van der Waals surface area contributed by atoms with Crippen molar-refractivity contribution in [3.63, 3.8) is 0 Å². The molecule has 2 aromatic heterocycles. The highest BCUT2D eigenvalue weighted by atomic mass is 35.5. The predicted octanol–water partition coefficient (Wildman–Crippen LogP) is 3.48. The lowest BCUT2D eigenvalue weighted by Crippen LogP contribution is -2.46. The zero-order valence-electron chi connectivity index (χ0n) is 18.5. The molecule has 2 amide bonds. The topological polar surface area (TPSA) is 102 Å².